The van der Waals surface area contributed by atoms with E-state index in [-0.39, 0.29) is 17.0 Å². The van der Waals surface area contributed by atoms with E-state index in [1.165, 1.54) is 12.1 Å². The third kappa shape index (κ3) is 2.78. The Morgan fingerprint density at radius 1 is 1.09 bits per heavy atom. The molecule has 0 aliphatic rings. The van der Waals surface area contributed by atoms with E-state index in [2.05, 4.69) is 26.2 Å². The van der Waals surface area contributed by atoms with E-state index in [1.54, 1.807) is 25.1 Å². The standard InChI is InChI=1S/C16H11BrN2O3/c1-9-8-14(21)22-16-12(9)6-7-13(20)15(16)19-18-11-4-2-10(17)3-5-11/h2-8,20H,1H3/b19-18+. The first-order valence-electron chi connectivity index (χ1n) is 6.48. The zero-order valence-corrected chi connectivity index (χ0v) is 13.2. The maximum atomic E-state index is 11.6. The highest BCUT2D eigenvalue weighted by molar-refractivity contribution is 9.10. The van der Waals surface area contributed by atoms with Gasteiger partial charge in [0.2, 0.25) is 0 Å². The Morgan fingerprint density at radius 3 is 2.55 bits per heavy atom. The molecular formula is C16H11BrN2O3. The molecule has 0 radical (unpaired) electrons. The molecule has 6 heteroatoms. The molecule has 0 saturated heterocycles. The maximum Gasteiger partial charge on any atom is 0.336 e. The molecule has 3 rings (SSSR count). The highest BCUT2D eigenvalue weighted by Crippen LogP contribution is 2.36. The average molecular weight is 359 g/mol. The van der Waals surface area contributed by atoms with Gasteiger partial charge in [0.15, 0.2) is 11.3 Å². The third-order valence-corrected chi connectivity index (χ3v) is 3.69. The monoisotopic (exact) mass is 358 g/mol. The molecule has 0 unspecified atom stereocenters. The molecule has 0 fully saturated rings. The Labute approximate surface area is 134 Å². The van der Waals surface area contributed by atoms with Crippen LogP contribution in [0.5, 0.6) is 5.75 Å². The number of phenols is 1. The second kappa shape index (κ2) is 5.73. The van der Waals surface area contributed by atoms with Crippen molar-refractivity contribution < 1.29 is 9.52 Å². The Morgan fingerprint density at radius 2 is 1.82 bits per heavy atom. The van der Waals surface area contributed by atoms with Crippen LogP contribution in [0.15, 0.2) is 66.4 Å². The quantitative estimate of drug-likeness (QED) is 0.518. The summed E-state index contributed by atoms with van der Waals surface area (Å²) in [5.74, 6) is -0.0953. The number of azo groups is 1. The molecule has 0 aliphatic heterocycles. The number of hydrogen-bond acceptors (Lipinski definition) is 5. The van der Waals surface area contributed by atoms with Gasteiger partial charge < -0.3 is 9.52 Å². The van der Waals surface area contributed by atoms with Crippen molar-refractivity contribution in [3.8, 4) is 5.75 Å². The van der Waals surface area contributed by atoms with Crippen LogP contribution in [-0.2, 0) is 0 Å². The number of rotatable bonds is 2. The normalized spacial score (nSPS) is 11.4. The van der Waals surface area contributed by atoms with Gasteiger partial charge in [0.05, 0.1) is 5.69 Å². The van der Waals surface area contributed by atoms with Crippen molar-refractivity contribution in [1.29, 1.82) is 0 Å². The fourth-order valence-electron chi connectivity index (χ4n) is 2.07. The zero-order valence-electron chi connectivity index (χ0n) is 11.6. The molecule has 1 heterocycles. The van der Waals surface area contributed by atoms with Crippen LogP contribution >= 0.6 is 15.9 Å². The molecule has 0 spiro atoms. The fourth-order valence-corrected chi connectivity index (χ4v) is 2.34. The molecule has 1 aromatic heterocycles. The summed E-state index contributed by atoms with van der Waals surface area (Å²) in [6.45, 7) is 1.80. The summed E-state index contributed by atoms with van der Waals surface area (Å²) in [4.78, 5) is 11.6. The first kappa shape index (κ1) is 14.5. The minimum Gasteiger partial charge on any atom is -0.505 e. The molecular weight excluding hydrogens is 348 g/mol. The number of nitrogens with zero attached hydrogens (tertiary/aromatic N) is 2. The summed E-state index contributed by atoms with van der Waals surface area (Å²) in [5.41, 5.74) is 1.25. The van der Waals surface area contributed by atoms with Gasteiger partial charge >= 0.3 is 5.63 Å². The van der Waals surface area contributed by atoms with Crippen molar-refractivity contribution in [2.75, 3.05) is 0 Å². The third-order valence-electron chi connectivity index (χ3n) is 3.16. The smallest absolute Gasteiger partial charge is 0.336 e. The van der Waals surface area contributed by atoms with Crippen LogP contribution in [0.1, 0.15) is 5.56 Å². The van der Waals surface area contributed by atoms with E-state index < -0.39 is 5.63 Å². The van der Waals surface area contributed by atoms with Gasteiger partial charge in [-0.3, -0.25) is 0 Å². The number of fused-ring (bicyclic) bond motifs is 1. The molecule has 0 atom stereocenters. The van der Waals surface area contributed by atoms with Crippen LogP contribution < -0.4 is 5.63 Å². The average Bonchev–Trinajstić information content (AvgIpc) is 2.47. The van der Waals surface area contributed by atoms with Gasteiger partial charge in [0.1, 0.15) is 5.75 Å². The van der Waals surface area contributed by atoms with Crippen molar-refractivity contribution in [3.63, 3.8) is 0 Å². The van der Waals surface area contributed by atoms with Crippen LogP contribution in [0, 0.1) is 6.92 Å². The minimum absolute atomic E-state index is 0.0953. The lowest BCUT2D eigenvalue weighted by Crippen LogP contribution is -1.97. The number of aromatic hydroxyl groups is 1. The van der Waals surface area contributed by atoms with Gasteiger partial charge in [-0.2, -0.15) is 5.11 Å². The first-order valence-corrected chi connectivity index (χ1v) is 7.27. The van der Waals surface area contributed by atoms with E-state index in [1.807, 2.05) is 12.1 Å². The number of hydrogen-bond donors (Lipinski definition) is 1. The highest BCUT2D eigenvalue weighted by atomic mass is 79.9. The van der Waals surface area contributed by atoms with Gasteiger partial charge in [0, 0.05) is 15.9 Å². The zero-order chi connectivity index (χ0) is 15.7. The van der Waals surface area contributed by atoms with Crippen LogP contribution in [0.2, 0.25) is 0 Å². The molecule has 3 aromatic rings. The van der Waals surface area contributed by atoms with Crippen molar-refractivity contribution in [2.45, 2.75) is 6.92 Å². The van der Waals surface area contributed by atoms with Gasteiger partial charge in [-0.25, -0.2) is 4.79 Å². The summed E-state index contributed by atoms with van der Waals surface area (Å²) >= 11 is 3.34. The summed E-state index contributed by atoms with van der Waals surface area (Å²) in [5, 5.41) is 18.8. The van der Waals surface area contributed by atoms with Crippen LogP contribution in [0.3, 0.4) is 0 Å². The molecule has 0 aliphatic carbocycles. The van der Waals surface area contributed by atoms with Crippen LogP contribution in [0.4, 0.5) is 11.4 Å². The number of aryl methyl sites for hydroxylation is 1. The molecule has 22 heavy (non-hydrogen) atoms. The van der Waals surface area contributed by atoms with E-state index in [4.69, 9.17) is 4.42 Å². The molecule has 110 valence electrons. The van der Waals surface area contributed by atoms with Gasteiger partial charge in [-0.05, 0) is 48.9 Å². The summed E-state index contributed by atoms with van der Waals surface area (Å²) in [6.07, 6.45) is 0. The largest absolute Gasteiger partial charge is 0.505 e. The maximum absolute atomic E-state index is 11.6. The Bertz CT molecular complexity index is 931. The van der Waals surface area contributed by atoms with Crippen LogP contribution in [0.25, 0.3) is 11.0 Å². The number of halogens is 1. The second-order valence-corrected chi connectivity index (χ2v) is 5.65. The predicted molar refractivity (Wildman–Crippen MR) is 87.2 cm³/mol. The predicted octanol–water partition coefficient (Wildman–Crippen LogP) is 4.98. The van der Waals surface area contributed by atoms with Gasteiger partial charge in [-0.1, -0.05) is 15.9 Å². The molecule has 1 N–H and O–H groups in total. The van der Waals surface area contributed by atoms with Crippen molar-refractivity contribution in [1.82, 2.24) is 0 Å². The van der Waals surface area contributed by atoms with Crippen molar-refractivity contribution >= 4 is 38.3 Å². The Balaban J connectivity index is 2.15. The lowest BCUT2D eigenvalue weighted by molar-refractivity contribution is 0.474. The summed E-state index contributed by atoms with van der Waals surface area (Å²) in [6, 6.07) is 11.8. The van der Waals surface area contributed by atoms with E-state index in [0.29, 0.717) is 11.1 Å². The van der Waals surface area contributed by atoms with Crippen molar-refractivity contribution in [2.24, 2.45) is 10.2 Å². The first-order chi connectivity index (χ1) is 10.5. The molecule has 5 nitrogen and oxygen atoms in total. The fraction of sp³-hybridized carbons (Fsp3) is 0.0625. The minimum atomic E-state index is -0.490. The highest BCUT2D eigenvalue weighted by Gasteiger charge is 2.11. The van der Waals surface area contributed by atoms with E-state index >= 15 is 0 Å². The van der Waals surface area contributed by atoms with E-state index in [0.717, 1.165) is 10.0 Å². The Hall–Kier alpha value is -2.47. The number of phenolic OH excluding ortho intramolecular Hbond substituents is 1. The topological polar surface area (TPSA) is 75.2 Å². The molecule has 0 saturated carbocycles. The molecule has 2 aromatic carbocycles. The molecule has 0 bridgehead atoms. The van der Waals surface area contributed by atoms with Crippen LogP contribution in [-0.4, -0.2) is 5.11 Å². The van der Waals surface area contributed by atoms with Crippen molar-refractivity contribution in [3.05, 3.63) is 62.9 Å². The van der Waals surface area contributed by atoms with Gasteiger partial charge in [0.25, 0.3) is 0 Å². The molecule has 0 amide bonds. The summed E-state index contributed by atoms with van der Waals surface area (Å²) < 4.78 is 6.12. The summed E-state index contributed by atoms with van der Waals surface area (Å²) in [7, 11) is 0. The second-order valence-electron chi connectivity index (χ2n) is 4.73. The number of benzene rings is 2. The Kier molecular flexibility index (Phi) is 3.77. The van der Waals surface area contributed by atoms with E-state index in [9.17, 15) is 9.90 Å². The lowest BCUT2D eigenvalue weighted by Gasteiger charge is -2.04. The van der Waals surface area contributed by atoms with Gasteiger partial charge in [-0.15, -0.1) is 5.11 Å². The lowest BCUT2D eigenvalue weighted by atomic mass is 10.1. The SMILES string of the molecule is Cc1cc(=O)oc2c(/N=N/c3ccc(Br)cc3)c(O)ccc12.